The quantitative estimate of drug-likeness (QED) is 0.614. The van der Waals surface area contributed by atoms with Gasteiger partial charge < -0.3 is 10.6 Å². The Morgan fingerprint density at radius 2 is 1.43 bits per heavy atom. The molecule has 0 fully saturated rings. The molecule has 21 heavy (non-hydrogen) atoms. The summed E-state index contributed by atoms with van der Waals surface area (Å²) in [5, 5.41) is 28.4. The number of nitrogens with one attached hydrogen (secondary N) is 2. The number of benzene rings is 1. The van der Waals surface area contributed by atoms with Crippen LogP contribution in [0.4, 0.5) is 22.7 Å². The number of rotatable bonds is 6. The molecule has 0 radical (unpaired) electrons. The highest BCUT2D eigenvalue weighted by Gasteiger charge is 2.31. The second-order valence-corrected chi connectivity index (χ2v) is 5.42. The molecule has 0 aliphatic carbocycles. The Bertz CT molecular complexity index is 570. The molecule has 0 aromatic heterocycles. The predicted molar refractivity (Wildman–Crippen MR) is 82.0 cm³/mol. The number of nitro benzene ring substituents is 2. The summed E-state index contributed by atoms with van der Waals surface area (Å²) in [5.74, 6) is 0. The lowest BCUT2D eigenvalue weighted by atomic mass is 10.1. The van der Waals surface area contributed by atoms with E-state index >= 15 is 0 Å². The summed E-state index contributed by atoms with van der Waals surface area (Å²) >= 11 is 0. The number of nitrogens with zero attached hydrogens (tertiary/aromatic N) is 2. The van der Waals surface area contributed by atoms with Crippen LogP contribution in [0.15, 0.2) is 6.07 Å². The van der Waals surface area contributed by atoms with Crippen LogP contribution >= 0.6 is 0 Å². The summed E-state index contributed by atoms with van der Waals surface area (Å²) in [5.41, 5.74) is 0.139. The Kier molecular flexibility index (Phi) is 5.07. The second kappa shape index (κ2) is 6.38. The minimum Gasteiger partial charge on any atom is -0.377 e. The minimum atomic E-state index is -0.607. The fourth-order valence-corrected chi connectivity index (χ4v) is 2.01. The lowest BCUT2D eigenvalue weighted by molar-refractivity contribution is -0.391. The molecule has 8 heteroatoms. The van der Waals surface area contributed by atoms with E-state index in [1.165, 1.54) is 6.07 Å². The summed E-state index contributed by atoms with van der Waals surface area (Å²) < 4.78 is 0. The van der Waals surface area contributed by atoms with Gasteiger partial charge in [0.05, 0.1) is 9.85 Å². The molecule has 0 saturated carbocycles. The fraction of sp³-hybridized carbons (Fsp3) is 0.538. The van der Waals surface area contributed by atoms with Gasteiger partial charge in [0, 0.05) is 18.2 Å². The molecule has 0 saturated heterocycles. The smallest absolute Gasteiger partial charge is 0.322 e. The minimum absolute atomic E-state index is 0.0317. The Balaban J connectivity index is 3.67. The van der Waals surface area contributed by atoms with E-state index in [1.54, 1.807) is 20.8 Å². The van der Waals surface area contributed by atoms with Gasteiger partial charge in [-0.2, -0.15) is 0 Å². The summed E-state index contributed by atoms with van der Waals surface area (Å²) in [6.45, 7) is 8.84. The number of hydrogen-bond acceptors (Lipinski definition) is 6. The highest BCUT2D eigenvalue weighted by atomic mass is 16.6. The first-order valence-electron chi connectivity index (χ1n) is 6.64. The van der Waals surface area contributed by atoms with Gasteiger partial charge in [0.2, 0.25) is 0 Å². The van der Waals surface area contributed by atoms with E-state index in [0.717, 1.165) is 0 Å². The van der Waals surface area contributed by atoms with Crippen LogP contribution in [0, 0.1) is 27.2 Å². The van der Waals surface area contributed by atoms with Crippen molar-refractivity contribution in [1.29, 1.82) is 0 Å². The molecule has 0 heterocycles. The van der Waals surface area contributed by atoms with Gasteiger partial charge in [0.25, 0.3) is 5.69 Å². The maximum atomic E-state index is 11.4. The number of hydrogen-bond donors (Lipinski definition) is 2. The van der Waals surface area contributed by atoms with Gasteiger partial charge in [-0.1, -0.05) is 0 Å². The Morgan fingerprint density at radius 1 is 0.952 bits per heavy atom. The van der Waals surface area contributed by atoms with Crippen LogP contribution in [0.1, 0.15) is 33.3 Å². The summed E-state index contributed by atoms with van der Waals surface area (Å²) in [4.78, 5) is 21.4. The number of anilines is 2. The van der Waals surface area contributed by atoms with E-state index in [4.69, 9.17) is 0 Å². The van der Waals surface area contributed by atoms with E-state index in [9.17, 15) is 20.2 Å². The van der Waals surface area contributed by atoms with Crippen molar-refractivity contribution in [1.82, 2.24) is 0 Å². The normalized spacial score (nSPS) is 10.8. The van der Waals surface area contributed by atoms with Gasteiger partial charge in [-0.25, -0.2) is 0 Å². The monoisotopic (exact) mass is 296 g/mol. The lowest BCUT2D eigenvalue weighted by Gasteiger charge is -2.17. The molecular formula is C13H20N4O4. The molecule has 8 nitrogen and oxygen atoms in total. The third-order valence-corrected chi connectivity index (χ3v) is 2.72. The molecule has 0 amide bonds. The van der Waals surface area contributed by atoms with E-state index in [2.05, 4.69) is 10.6 Å². The van der Waals surface area contributed by atoms with Crippen molar-refractivity contribution >= 4 is 22.7 Å². The molecule has 0 atom stereocenters. The Morgan fingerprint density at radius 3 is 1.81 bits per heavy atom. The van der Waals surface area contributed by atoms with Crippen molar-refractivity contribution in [3.8, 4) is 0 Å². The van der Waals surface area contributed by atoms with E-state index in [0.29, 0.717) is 11.3 Å². The maximum Gasteiger partial charge on any atom is 0.322 e. The van der Waals surface area contributed by atoms with Crippen LogP contribution in [0.3, 0.4) is 0 Å². The van der Waals surface area contributed by atoms with Gasteiger partial charge in [-0.15, -0.1) is 0 Å². The summed E-state index contributed by atoms with van der Waals surface area (Å²) in [7, 11) is 0. The molecule has 0 spiro atoms. The van der Waals surface area contributed by atoms with Crippen LogP contribution < -0.4 is 10.6 Å². The number of aryl methyl sites for hydroxylation is 1. The zero-order valence-electron chi connectivity index (χ0n) is 12.8. The van der Waals surface area contributed by atoms with Gasteiger partial charge in [0.15, 0.2) is 5.69 Å². The third-order valence-electron chi connectivity index (χ3n) is 2.72. The first-order chi connectivity index (χ1) is 9.65. The van der Waals surface area contributed by atoms with Crippen molar-refractivity contribution in [2.24, 2.45) is 0 Å². The van der Waals surface area contributed by atoms with Crippen molar-refractivity contribution in [2.45, 2.75) is 46.7 Å². The maximum absolute atomic E-state index is 11.4. The summed E-state index contributed by atoms with van der Waals surface area (Å²) in [6.07, 6.45) is 0. The zero-order valence-corrected chi connectivity index (χ0v) is 12.8. The Hall–Kier alpha value is -2.38. The lowest BCUT2D eigenvalue weighted by Crippen LogP contribution is -2.17. The molecule has 0 unspecified atom stereocenters. The SMILES string of the molecule is Cc1cc([N+](=O)[O-])c(NC(C)C)c([N+](=O)[O-])c1NC(C)C. The molecular weight excluding hydrogens is 276 g/mol. The second-order valence-electron chi connectivity index (χ2n) is 5.42. The third kappa shape index (κ3) is 3.80. The molecule has 1 rings (SSSR count). The topological polar surface area (TPSA) is 110 Å². The molecule has 116 valence electrons. The van der Waals surface area contributed by atoms with Crippen LogP contribution in [0.5, 0.6) is 0 Å². The first-order valence-corrected chi connectivity index (χ1v) is 6.64. The van der Waals surface area contributed by atoms with Gasteiger partial charge in [-0.05, 0) is 40.2 Å². The largest absolute Gasteiger partial charge is 0.377 e. The standard InChI is InChI=1S/C13H20N4O4/c1-7(2)14-11-9(5)6-10(16(18)19)12(15-8(3)4)13(11)17(20)21/h6-8,14-15H,1-5H3. The van der Waals surface area contributed by atoms with E-state index < -0.39 is 9.85 Å². The van der Waals surface area contributed by atoms with Crippen molar-refractivity contribution in [3.05, 3.63) is 31.9 Å². The van der Waals surface area contributed by atoms with Crippen molar-refractivity contribution < 1.29 is 9.85 Å². The molecule has 1 aromatic rings. The molecule has 0 aliphatic heterocycles. The van der Waals surface area contributed by atoms with E-state index in [-0.39, 0.29) is 29.1 Å². The van der Waals surface area contributed by atoms with Gasteiger partial charge in [-0.3, -0.25) is 20.2 Å². The van der Waals surface area contributed by atoms with E-state index in [1.807, 2.05) is 13.8 Å². The highest BCUT2D eigenvalue weighted by Crippen LogP contribution is 2.43. The van der Waals surface area contributed by atoms with Crippen molar-refractivity contribution in [2.75, 3.05) is 10.6 Å². The predicted octanol–water partition coefficient (Wildman–Crippen LogP) is 3.45. The van der Waals surface area contributed by atoms with Crippen LogP contribution in [0.2, 0.25) is 0 Å². The van der Waals surface area contributed by atoms with Crippen LogP contribution in [-0.4, -0.2) is 21.9 Å². The first kappa shape index (κ1) is 16.7. The average Bonchev–Trinajstić information content (AvgIpc) is 2.30. The summed E-state index contributed by atoms with van der Waals surface area (Å²) in [6, 6.07) is 1.15. The molecule has 1 aromatic carbocycles. The van der Waals surface area contributed by atoms with Gasteiger partial charge in [0.1, 0.15) is 5.69 Å². The fourth-order valence-electron chi connectivity index (χ4n) is 2.01. The van der Waals surface area contributed by atoms with Gasteiger partial charge >= 0.3 is 5.69 Å². The van der Waals surface area contributed by atoms with Crippen LogP contribution in [0.25, 0.3) is 0 Å². The highest BCUT2D eigenvalue weighted by molar-refractivity contribution is 5.86. The molecule has 0 aliphatic rings. The van der Waals surface area contributed by atoms with Crippen LogP contribution in [-0.2, 0) is 0 Å². The Labute approximate surface area is 122 Å². The number of nitro groups is 2. The average molecular weight is 296 g/mol. The zero-order chi connectivity index (χ0) is 16.3. The molecule has 2 N–H and O–H groups in total. The molecule has 0 bridgehead atoms. The van der Waals surface area contributed by atoms with Crippen molar-refractivity contribution in [3.63, 3.8) is 0 Å².